The molecule has 0 aromatic heterocycles. The summed E-state index contributed by atoms with van der Waals surface area (Å²) < 4.78 is 5.15. The van der Waals surface area contributed by atoms with E-state index in [0.717, 1.165) is 22.7 Å². The van der Waals surface area contributed by atoms with E-state index in [1.165, 1.54) is 0 Å². The summed E-state index contributed by atoms with van der Waals surface area (Å²) in [5.74, 6) is 0.786. The predicted octanol–water partition coefficient (Wildman–Crippen LogP) is 3.39. The van der Waals surface area contributed by atoms with Gasteiger partial charge in [-0.3, -0.25) is 0 Å². The number of nitriles is 1. The number of nitrogens with zero attached hydrogens (tertiary/aromatic N) is 2. The van der Waals surface area contributed by atoms with Crippen LogP contribution in [0.1, 0.15) is 24.2 Å². The van der Waals surface area contributed by atoms with Crippen molar-refractivity contribution in [3.8, 4) is 11.8 Å². The van der Waals surface area contributed by atoms with Gasteiger partial charge >= 0.3 is 0 Å². The van der Waals surface area contributed by atoms with Crippen molar-refractivity contribution >= 4 is 11.4 Å². The Morgan fingerprint density at radius 1 is 1.19 bits per heavy atom. The van der Waals surface area contributed by atoms with Crippen molar-refractivity contribution in [1.29, 1.82) is 5.26 Å². The predicted molar refractivity (Wildman–Crippen MR) is 82.8 cm³/mol. The van der Waals surface area contributed by atoms with Crippen molar-refractivity contribution in [3.05, 3.63) is 53.6 Å². The Kier molecular flexibility index (Phi) is 4.46. The summed E-state index contributed by atoms with van der Waals surface area (Å²) in [7, 11) is 3.53. The molecule has 2 rings (SSSR count). The Labute approximate surface area is 124 Å². The number of methoxy groups -OCH3 is 1. The number of benzene rings is 2. The van der Waals surface area contributed by atoms with Crippen molar-refractivity contribution in [1.82, 2.24) is 0 Å². The normalized spacial score (nSPS) is 11.6. The van der Waals surface area contributed by atoms with Crippen molar-refractivity contribution in [2.24, 2.45) is 0 Å². The van der Waals surface area contributed by atoms with Crippen LogP contribution >= 0.6 is 0 Å². The minimum absolute atomic E-state index is 0.565. The first kappa shape index (κ1) is 14.9. The highest BCUT2D eigenvalue weighted by molar-refractivity contribution is 5.68. The summed E-state index contributed by atoms with van der Waals surface area (Å²) in [5.41, 5.74) is 3.11. The Hall–Kier alpha value is -2.51. The number of hydrogen-bond donors (Lipinski definition) is 1. The highest BCUT2D eigenvalue weighted by atomic mass is 16.5. The lowest BCUT2D eigenvalue weighted by Crippen LogP contribution is -2.13. The van der Waals surface area contributed by atoms with Gasteiger partial charge in [0, 0.05) is 24.0 Å². The average Bonchev–Trinajstić information content (AvgIpc) is 2.53. The van der Waals surface area contributed by atoms with Gasteiger partial charge in [0.25, 0.3) is 0 Å². The van der Waals surface area contributed by atoms with Gasteiger partial charge in [-0.05, 0) is 43.3 Å². The molecule has 4 nitrogen and oxygen atoms in total. The first-order chi connectivity index (χ1) is 10.1. The Balaban J connectivity index is 2.45. The molecule has 0 spiro atoms. The second kappa shape index (κ2) is 6.29. The number of anilines is 2. The van der Waals surface area contributed by atoms with Gasteiger partial charge in [0.15, 0.2) is 0 Å². The molecule has 4 heteroatoms. The molecule has 0 amide bonds. The highest BCUT2D eigenvalue weighted by Gasteiger charge is 2.14. The van der Waals surface area contributed by atoms with Crippen molar-refractivity contribution < 1.29 is 9.84 Å². The third kappa shape index (κ3) is 3.15. The molecule has 0 heterocycles. The standard InChI is InChI=1S/C17H18N2O2/c1-12(20)16-9-4-13(11-18)10-17(16)19(2)14-5-7-15(21-3)8-6-14/h4-10,12,20H,1-3H3/t12-/m0/s1. The van der Waals surface area contributed by atoms with Gasteiger partial charge in [-0.25, -0.2) is 0 Å². The number of rotatable bonds is 4. The molecule has 0 aliphatic heterocycles. The lowest BCUT2D eigenvalue weighted by atomic mass is 10.0. The number of hydrogen-bond acceptors (Lipinski definition) is 4. The second-order valence-corrected chi connectivity index (χ2v) is 4.82. The maximum Gasteiger partial charge on any atom is 0.119 e. The highest BCUT2D eigenvalue weighted by Crippen LogP contribution is 2.32. The van der Waals surface area contributed by atoms with Crippen molar-refractivity contribution in [2.45, 2.75) is 13.0 Å². The summed E-state index contributed by atoms with van der Waals surface area (Å²) in [6.07, 6.45) is -0.603. The molecule has 0 bridgehead atoms. The molecular weight excluding hydrogens is 264 g/mol. The van der Waals surface area contributed by atoms with Crippen LogP contribution in [0.3, 0.4) is 0 Å². The van der Waals surface area contributed by atoms with Gasteiger partial charge in [0.05, 0.1) is 24.8 Å². The maximum absolute atomic E-state index is 9.92. The van der Waals surface area contributed by atoms with Crippen LogP contribution in [0, 0.1) is 11.3 Å². The van der Waals surface area contributed by atoms with E-state index in [2.05, 4.69) is 6.07 Å². The lowest BCUT2D eigenvalue weighted by molar-refractivity contribution is 0.200. The number of ether oxygens (including phenoxy) is 1. The van der Waals surface area contributed by atoms with Crippen LogP contribution in [0.5, 0.6) is 5.75 Å². The van der Waals surface area contributed by atoms with E-state index in [9.17, 15) is 5.11 Å². The Morgan fingerprint density at radius 3 is 2.38 bits per heavy atom. The fourth-order valence-electron chi connectivity index (χ4n) is 2.20. The molecule has 0 aliphatic carbocycles. The molecule has 0 fully saturated rings. The zero-order valence-corrected chi connectivity index (χ0v) is 12.4. The number of aliphatic hydroxyl groups excluding tert-OH is 1. The summed E-state index contributed by atoms with van der Waals surface area (Å²) in [4.78, 5) is 1.95. The van der Waals surface area contributed by atoms with Crippen molar-refractivity contribution in [2.75, 3.05) is 19.1 Å². The Bertz CT molecular complexity index is 657. The summed E-state index contributed by atoms with van der Waals surface area (Å²) in [6.45, 7) is 1.72. The second-order valence-electron chi connectivity index (χ2n) is 4.82. The van der Waals surface area contributed by atoms with E-state index in [1.54, 1.807) is 32.2 Å². The molecule has 0 unspecified atom stereocenters. The van der Waals surface area contributed by atoms with Gasteiger partial charge < -0.3 is 14.7 Å². The van der Waals surface area contributed by atoms with Crippen LogP contribution < -0.4 is 9.64 Å². The van der Waals surface area contributed by atoms with Crippen molar-refractivity contribution in [3.63, 3.8) is 0 Å². The molecule has 2 aromatic rings. The minimum Gasteiger partial charge on any atom is -0.497 e. The quantitative estimate of drug-likeness (QED) is 0.934. The van der Waals surface area contributed by atoms with Gasteiger partial charge in [0.2, 0.25) is 0 Å². The van der Waals surface area contributed by atoms with Crippen LogP contribution in [-0.2, 0) is 0 Å². The monoisotopic (exact) mass is 282 g/mol. The zero-order valence-electron chi connectivity index (χ0n) is 12.4. The van der Waals surface area contributed by atoms with E-state index >= 15 is 0 Å². The van der Waals surface area contributed by atoms with Crippen LogP contribution in [0.4, 0.5) is 11.4 Å². The number of aliphatic hydroxyl groups is 1. The first-order valence-electron chi connectivity index (χ1n) is 6.66. The molecule has 108 valence electrons. The van der Waals surface area contributed by atoms with E-state index in [0.29, 0.717) is 5.56 Å². The van der Waals surface area contributed by atoms with E-state index in [1.807, 2.05) is 36.2 Å². The third-order valence-corrected chi connectivity index (χ3v) is 3.43. The molecular formula is C17H18N2O2. The fourth-order valence-corrected chi connectivity index (χ4v) is 2.20. The van der Waals surface area contributed by atoms with Crippen LogP contribution in [0.15, 0.2) is 42.5 Å². The summed E-state index contributed by atoms with van der Waals surface area (Å²) in [6, 6.07) is 15.0. The van der Waals surface area contributed by atoms with E-state index in [-0.39, 0.29) is 0 Å². The largest absolute Gasteiger partial charge is 0.497 e. The van der Waals surface area contributed by atoms with Gasteiger partial charge in [-0.2, -0.15) is 5.26 Å². The molecule has 1 atom stereocenters. The molecule has 1 N–H and O–H groups in total. The maximum atomic E-state index is 9.92. The van der Waals surface area contributed by atoms with Gasteiger partial charge in [0.1, 0.15) is 5.75 Å². The SMILES string of the molecule is COc1ccc(N(C)c2cc(C#N)ccc2[C@H](C)O)cc1. The zero-order chi connectivity index (χ0) is 15.4. The first-order valence-corrected chi connectivity index (χ1v) is 6.66. The molecule has 0 aliphatic rings. The minimum atomic E-state index is -0.603. The van der Waals surface area contributed by atoms with Crippen LogP contribution in [0.25, 0.3) is 0 Å². The van der Waals surface area contributed by atoms with Crippen LogP contribution in [0.2, 0.25) is 0 Å². The molecule has 2 aromatic carbocycles. The molecule has 0 radical (unpaired) electrons. The molecule has 0 saturated heterocycles. The van der Waals surface area contributed by atoms with E-state index in [4.69, 9.17) is 10.00 Å². The third-order valence-electron chi connectivity index (χ3n) is 3.43. The summed E-state index contributed by atoms with van der Waals surface area (Å²) in [5, 5.41) is 19.0. The smallest absolute Gasteiger partial charge is 0.119 e. The lowest BCUT2D eigenvalue weighted by Gasteiger charge is -2.24. The van der Waals surface area contributed by atoms with Crippen LogP contribution in [-0.4, -0.2) is 19.3 Å². The molecule has 0 saturated carbocycles. The molecule has 21 heavy (non-hydrogen) atoms. The average molecular weight is 282 g/mol. The van der Waals surface area contributed by atoms with E-state index < -0.39 is 6.10 Å². The van der Waals surface area contributed by atoms with Gasteiger partial charge in [-0.15, -0.1) is 0 Å². The van der Waals surface area contributed by atoms with Gasteiger partial charge in [-0.1, -0.05) is 6.07 Å². The topological polar surface area (TPSA) is 56.5 Å². The summed E-state index contributed by atoms with van der Waals surface area (Å²) >= 11 is 0. The fraction of sp³-hybridized carbons (Fsp3) is 0.235. The Morgan fingerprint density at radius 2 is 1.86 bits per heavy atom.